The summed E-state index contributed by atoms with van der Waals surface area (Å²) in [5.41, 5.74) is 26.3. The van der Waals surface area contributed by atoms with Crippen molar-refractivity contribution in [1.82, 2.24) is 0 Å². The van der Waals surface area contributed by atoms with Crippen LogP contribution in [0.3, 0.4) is 0 Å². The Labute approximate surface area is 764 Å². The number of benzene rings is 20. The molecule has 0 saturated carbocycles. The zero-order chi connectivity index (χ0) is 84.3. The van der Waals surface area contributed by atoms with Crippen LogP contribution in [0, 0.1) is 0 Å². The van der Waals surface area contributed by atoms with Crippen LogP contribution in [0.25, 0.3) is 210 Å². The van der Waals surface area contributed by atoms with Gasteiger partial charge in [-0.05, 0) is 259 Å². The highest BCUT2D eigenvalue weighted by Crippen LogP contribution is 2.50. The fraction of sp³-hybridized carbons (Fsp3) is 0. The van der Waals surface area contributed by atoms with Gasteiger partial charge in [-0.1, -0.05) is 279 Å². The fourth-order valence-corrected chi connectivity index (χ4v) is 26.3. The van der Waals surface area contributed by atoms with E-state index < -0.39 is 0 Å². The molecule has 2 nitrogen and oxygen atoms in total. The number of thiophene rings is 6. The average Bonchev–Trinajstić information content (AvgIpc) is 1.56. The number of fused-ring (bicyclic) bond motifs is 18. The summed E-state index contributed by atoms with van der Waals surface area (Å²) in [6.45, 7) is 0. The Morgan fingerprint density at radius 2 is 0.328 bits per heavy atom. The minimum Gasteiger partial charge on any atom is -0.311 e. The molecule has 0 aliphatic heterocycles. The lowest BCUT2D eigenvalue weighted by molar-refractivity contribution is 1.28. The number of hydrogen-bond acceptors (Lipinski definition) is 8. The van der Waals surface area contributed by atoms with Crippen molar-refractivity contribution in [3.05, 3.63) is 449 Å². The van der Waals surface area contributed by atoms with Crippen LogP contribution >= 0.6 is 68.0 Å². The monoisotopic (exact) mass is 1730 g/mol. The van der Waals surface area contributed by atoms with Crippen molar-refractivity contribution in [3.63, 3.8) is 0 Å². The quantitative estimate of drug-likeness (QED) is 0.107. The predicted molar refractivity (Wildman–Crippen MR) is 563 cm³/mol. The standard InChI is InChI=1S/2C60H37NS3/c1-2-11-45(12-3-1)61(47-29-23-39(24-30-47)48-16-10-17-52-49-13-4-9-20-57(49)64-60(48)52)46-27-21-38(22-28-46)42-33-43(40-25-31-58-53(36-40)50-14-5-7-18-55(50)62-58)35-44(34-42)41-26-32-59-54(37-41)51-15-6-8-19-56(51)63-59;1-2-13-43(14-3-1)61(45-33-29-39(30-34-45)46-18-10-21-52-49-15-4-7-24-55(49)62-58(46)52)44-31-27-38(28-32-44)40-35-41(47-19-11-22-53-50-16-5-8-25-56(50)63-59(47)53)37-42(36-40)48-20-12-23-54-51-17-6-9-26-57(51)64-60(48)54/h2*1-37H. The van der Waals surface area contributed by atoms with Gasteiger partial charge in [0.25, 0.3) is 0 Å². The van der Waals surface area contributed by atoms with E-state index in [4.69, 9.17) is 0 Å². The van der Waals surface area contributed by atoms with Crippen LogP contribution in [0.5, 0.6) is 0 Å². The third-order valence-electron chi connectivity index (χ3n) is 25.3. The summed E-state index contributed by atoms with van der Waals surface area (Å²) in [5, 5.41) is 15.8. The summed E-state index contributed by atoms with van der Waals surface area (Å²) in [7, 11) is 0. The van der Waals surface area contributed by atoms with Crippen molar-refractivity contribution in [2.24, 2.45) is 0 Å². The van der Waals surface area contributed by atoms with E-state index in [2.05, 4.69) is 459 Å². The van der Waals surface area contributed by atoms with Gasteiger partial charge in [0.15, 0.2) is 0 Å². The second-order valence-electron chi connectivity index (χ2n) is 32.9. The zero-order valence-corrected chi connectivity index (χ0v) is 74.0. The van der Waals surface area contributed by atoms with E-state index in [1.807, 2.05) is 68.0 Å². The number of nitrogens with zero attached hydrogens (tertiary/aromatic N) is 2. The van der Waals surface area contributed by atoms with Gasteiger partial charge in [-0.15, -0.1) is 68.0 Å². The molecule has 600 valence electrons. The van der Waals surface area contributed by atoms with Crippen LogP contribution in [0.15, 0.2) is 449 Å². The molecule has 6 aromatic heterocycles. The molecule has 0 N–H and O–H groups in total. The van der Waals surface area contributed by atoms with Crippen LogP contribution in [0.4, 0.5) is 34.1 Å². The Hall–Kier alpha value is -14.7. The molecular formula is C120H74N2S6. The second-order valence-corrected chi connectivity index (χ2v) is 39.2. The maximum atomic E-state index is 2.41. The summed E-state index contributed by atoms with van der Waals surface area (Å²) in [5.74, 6) is 0. The molecule has 26 aromatic rings. The second kappa shape index (κ2) is 31.8. The minimum atomic E-state index is 1.11. The van der Waals surface area contributed by atoms with E-state index in [1.54, 1.807) is 0 Å². The first-order valence-electron chi connectivity index (χ1n) is 43.3. The number of para-hydroxylation sites is 2. The first-order valence-corrected chi connectivity index (χ1v) is 48.2. The SMILES string of the molecule is c1ccc(N(c2ccc(-c3cc(-c4ccc5sc6ccccc6c5c4)cc(-c4ccc5sc6ccccc6c5c4)c3)cc2)c2ccc(-c3cccc4c3sc3ccccc34)cc2)cc1.c1ccc(N(c2ccc(-c3cc(-c4cccc5c4sc4ccccc45)cc(-c4cccc5c4sc4ccccc45)c3)cc2)c2ccc(-c3cccc4c3sc3ccccc34)cc2)cc1. The first kappa shape index (κ1) is 75.8. The smallest absolute Gasteiger partial charge is 0.0462 e. The Kier molecular flexibility index (Phi) is 18.8. The van der Waals surface area contributed by atoms with Crippen molar-refractivity contribution < 1.29 is 0 Å². The molecule has 0 aliphatic carbocycles. The Balaban J connectivity index is 0.000000139. The number of rotatable bonds is 14. The maximum Gasteiger partial charge on any atom is 0.0462 e. The van der Waals surface area contributed by atoms with Gasteiger partial charge in [0.1, 0.15) is 0 Å². The predicted octanol–water partition coefficient (Wildman–Crippen LogP) is 37.9. The maximum absolute atomic E-state index is 2.41. The molecule has 0 saturated heterocycles. The van der Waals surface area contributed by atoms with Crippen molar-refractivity contribution in [3.8, 4) is 89.0 Å². The van der Waals surface area contributed by atoms with E-state index in [9.17, 15) is 0 Å². The van der Waals surface area contributed by atoms with Crippen LogP contribution in [0.2, 0.25) is 0 Å². The summed E-state index contributed by atoms with van der Waals surface area (Å²) in [4.78, 5) is 4.72. The molecule has 20 aromatic carbocycles. The average molecular weight is 1740 g/mol. The molecule has 0 aliphatic rings. The molecule has 0 unspecified atom stereocenters. The van der Waals surface area contributed by atoms with Gasteiger partial charge in [-0.2, -0.15) is 0 Å². The van der Waals surface area contributed by atoms with E-state index >= 15 is 0 Å². The molecule has 0 spiro atoms. The third-order valence-corrected chi connectivity index (χ3v) is 32.5. The van der Waals surface area contributed by atoms with Crippen molar-refractivity contribution in [2.45, 2.75) is 0 Å². The molecule has 0 amide bonds. The van der Waals surface area contributed by atoms with Crippen molar-refractivity contribution in [2.75, 3.05) is 9.80 Å². The fourth-order valence-electron chi connectivity index (χ4n) is 19.2. The summed E-state index contributed by atoms with van der Waals surface area (Å²) in [6.07, 6.45) is 0. The summed E-state index contributed by atoms with van der Waals surface area (Å²) in [6, 6.07) is 166. The Morgan fingerprint density at radius 1 is 0.117 bits per heavy atom. The lowest BCUT2D eigenvalue weighted by atomic mass is 9.92. The van der Waals surface area contributed by atoms with Crippen LogP contribution < -0.4 is 9.80 Å². The van der Waals surface area contributed by atoms with E-state index in [0.29, 0.717) is 0 Å². The third kappa shape index (κ3) is 13.5. The largest absolute Gasteiger partial charge is 0.311 e. The van der Waals surface area contributed by atoms with Crippen molar-refractivity contribution >= 4 is 223 Å². The molecule has 26 rings (SSSR count). The zero-order valence-electron chi connectivity index (χ0n) is 69.1. The molecule has 0 radical (unpaired) electrons. The van der Waals surface area contributed by atoms with Crippen molar-refractivity contribution in [1.29, 1.82) is 0 Å². The molecular weight excluding hydrogens is 1660 g/mol. The summed E-state index contributed by atoms with van der Waals surface area (Å²) >= 11 is 11.3. The van der Waals surface area contributed by atoms with E-state index in [0.717, 1.165) is 34.1 Å². The molecule has 0 bridgehead atoms. The van der Waals surface area contributed by atoms with Gasteiger partial charge in [0, 0.05) is 155 Å². The number of anilines is 6. The van der Waals surface area contributed by atoms with Crippen LogP contribution in [0.1, 0.15) is 0 Å². The highest BCUT2D eigenvalue weighted by atomic mass is 32.1. The van der Waals surface area contributed by atoms with Gasteiger partial charge in [0.05, 0.1) is 0 Å². The normalized spacial score (nSPS) is 11.8. The molecule has 8 heteroatoms. The Bertz CT molecular complexity index is 8550. The Morgan fingerprint density at radius 3 is 0.641 bits per heavy atom. The van der Waals surface area contributed by atoms with Crippen LogP contribution in [-0.2, 0) is 0 Å². The lowest BCUT2D eigenvalue weighted by Gasteiger charge is -2.26. The van der Waals surface area contributed by atoms with E-state index in [-0.39, 0.29) is 0 Å². The molecule has 128 heavy (non-hydrogen) atoms. The molecule has 0 atom stereocenters. The summed E-state index contributed by atoms with van der Waals surface area (Å²) < 4.78 is 15.9. The lowest BCUT2D eigenvalue weighted by Crippen LogP contribution is -2.09. The van der Waals surface area contributed by atoms with Crippen LogP contribution in [-0.4, -0.2) is 0 Å². The topological polar surface area (TPSA) is 6.48 Å². The van der Waals surface area contributed by atoms with Gasteiger partial charge in [0.2, 0.25) is 0 Å². The van der Waals surface area contributed by atoms with Gasteiger partial charge in [-0.25, -0.2) is 0 Å². The highest BCUT2D eigenvalue weighted by molar-refractivity contribution is 7.28. The highest BCUT2D eigenvalue weighted by Gasteiger charge is 2.23. The van der Waals surface area contributed by atoms with Gasteiger partial charge in [-0.3, -0.25) is 0 Å². The first-order chi connectivity index (χ1) is 63.4. The van der Waals surface area contributed by atoms with Gasteiger partial charge >= 0.3 is 0 Å². The van der Waals surface area contributed by atoms with E-state index in [1.165, 1.54) is 210 Å². The minimum absolute atomic E-state index is 1.11. The molecule has 6 heterocycles. The number of hydrogen-bond donors (Lipinski definition) is 0. The van der Waals surface area contributed by atoms with Gasteiger partial charge < -0.3 is 9.80 Å². The molecule has 0 fully saturated rings.